The summed E-state index contributed by atoms with van der Waals surface area (Å²) in [5, 5.41) is 3.59. The van der Waals surface area contributed by atoms with Crippen molar-refractivity contribution < 1.29 is 4.79 Å². The Bertz CT molecular complexity index is 461. The molecule has 0 aliphatic heterocycles. The second-order valence-corrected chi connectivity index (χ2v) is 7.35. The van der Waals surface area contributed by atoms with Crippen LogP contribution in [-0.4, -0.2) is 28.9 Å². The number of amides is 1. The lowest BCUT2D eigenvalue weighted by atomic mass is 9.89. The summed E-state index contributed by atoms with van der Waals surface area (Å²) in [6, 6.07) is -0.438. The van der Waals surface area contributed by atoms with Crippen molar-refractivity contribution in [3.8, 4) is 0 Å². The van der Waals surface area contributed by atoms with Crippen LogP contribution in [0.1, 0.15) is 36.8 Å². The number of thiazole rings is 1. The number of hydrogen-bond donors (Lipinski definition) is 2. The molecule has 1 heterocycles. The Labute approximate surface area is 128 Å². The fourth-order valence-electron chi connectivity index (χ4n) is 2.42. The number of aryl methyl sites for hydroxylation is 1. The standard InChI is InChI=1S/C14H23N3OS2/c1-3-9-4-5-11-12(8-9)20-14(16-11)17-13(18)10(15)6-7-19-2/h9-10H,3-8,15H2,1-2H3,(H,16,17,18). The summed E-state index contributed by atoms with van der Waals surface area (Å²) < 4.78 is 0. The van der Waals surface area contributed by atoms with E-state index in [0.29, 0.717) is 6.42 Å². The number of nitrogens with one attached hydrogen (secondary N) is 1. The fraction of sp³-hybridized carbons (Fsp3) is 0.714. The Morgan fingerprint density at radius 3 is 3.15 bits per heavy atom. The highest BCUT2D eigenvalue weighted by molar-refractivity contribution is 7.98. The van der Waals surface area contributed by atoms with E-state index in [1.807, 2.05) is 6.26 Å². The van der Waals surface area contributed by atoms with Crippen LogP contribution in [0.15, 0.2) is 0 Å². The molecule has 0 saturated heterocycles. The second kappa shape index (κ2) is 7.43. The molecule has 20 heavy (non-hydrogen) atoms. The van der Waals surface area contributed by atoms with Crippen molar-refractivity contribution in [1.29, 1.82) is 0 Å². The minimum absolute atomic E-state index is 0.114. The van der Waals surface area contributed by atoms with E-state index >= 15 is 0 Å². The average molecular weight is 313 g/mol. The van der Waals surface area contributed by atoms with Gasteiger partial charge in [0.2, 0.25) is 5.91 Å². The van der Waals surface area contributed by atoms with E-state index in [1.54, 1.807) is 23.1 Å². The SMILES string of the molecule is CCC1CCc2nc(NC(=O)C(N)CCSC)sc2C1. The number of rotatable bonds is 6. The molecule has 1 aromatic heterocycles. The smallest absolute Gasteiger partial charge is 0.243 e. The number of anilines is 1. The summed E-state index contributed by atoms with van der Waals surface area (Å²) in [5.74, 6) is 1.56. The summed E-state index contributed by atoms with van der Waals surface area (Å²) in [5.41, 5.74) is 7.04. The largest absolute Gasteiger partial charge is 0.320 e. The van der Waals surface area contributed by atoms with Gasteiger partial charge in [0.05, 0.1) is 11.7 Å². The highest BCUT2D eigenvalue weighted by atomic mass is 32.2. The predicted octanol–water partition coefficient (Wildman–Crippen LogP) is 2.68. The van der Waals surface area contributed by atoms with Crippen LogP contribution in [0.4, 0.5) is 5.13 Å². The van der Waals surface area contributed by atoms with Gasteiger partial charge in [-0.15, -0.1) is 11.3 Å². The van der Waals surface area contributed by atoms with Gasteiger partial charge >= 0.3 is 0 Å². The molecule has 2 rings (SSSR count). The minimum atomic E-state index is -0.438. The normalized spacial score (nSPS) is 19.4. The Morgan fingerprint density at radius 2 is 2.45 bits per heavy atom. The number of aromatic nitrogens is 1. The monoisotopic (exact) mass is 313 g/mol. The van der Waals surface area contributed by atoms with E-state index < -0.39 is 6.04 Å². The van der Waals surface area contributed by atoms with E-state index in [-0.39, 0.29) is 5.91 Å². The Hall–Kier alpha value is -0.590. The fourth-order valence-corrected chi connectivity index (χ4v) is 4.03. The van der Waals surface area contributed by atoms with Gasteiger partial charge in [0.15, 0.2) is 5.13 Å². The van der Waals surface area contributed by atoms with E-state index in [2.05, 4.69) is 17.2 Å². The zero-order valence-corrected chi connectivity index (χ0v) is 13.8. The summed E-state index contributed by atoms with van der Waals surface area (Å²) in [6.07, 6.45) is 7.31. The average Bonchev–Trinajstić information content (AvgIpc) is 2.85. The van der Waals surface area contributed by atoms with Crippen LogP contribution in [-0.2, 0) is 17.6 Å². The van der Waals surface area contributed by atoms with Gasteiger partial charge in [0.1, 0.15) is 0 Å². The zero-order chi connectivity index (χ0) is 14.5. The van der Waals surface area contributed by atoms with E-state index in [4.69, 9.17) is 5.73 Å². The molecule has 2 unspecified atom stereocenters. The summed E-state index contributed by atoms with van der Waals surface area (Å²) in [7, 11) is 0. The van der Waals surface area contributed by atoms with Gasteiger partial charge in [0, 0.05) is 4.88 Å². The molecular weight excluding hydrogens is 290 g/mol. The molecule has 4 nitrogen and oxygen atoms in total. The third kappa shape index (κ3) is 3.96. The first-order valence-corrected chi connectivity index (χ1v) is 9.39. The van der Waals surface area contributed by atoms with Crippen molar-refractivity contribution in [2.45, 2.75) is 45.1 Å². The molecule has 0 saturated carbocycles. The quantitative estimate of drug-likeness (QED) is 0.847. The van der Waals surface area contributed by atoms with Gasteiger partial charge < -0.3 is 11.1 Å². The molecule has 2 atom stereocenters. The number of nitrogens with two attached hydrogens (primary N) is 1. The molecule has 3 N–H and O–H groups in total. The number of carbonyl (C=O) groups excluding carboxylic acids is 1. The topological polar surface area (TPSA) is 68.0 Å². The molecule has 1 amide bonds. The van der Waals surface area contributed by atoms with E-state index in [1.165, 1.54) is 23.4 Å². The Morgan fingerprint density at radius 1 is 1.65 bits per heavy atom. The van der Waals surface area contributed by atoms with E-state index in [9.17, 15) is 4.79 Å². The van der Waals surface area contributed by atoms with Crippen molar-refractivity contribution in [3.05, 3.63) is 10.6 Å². The number of hydrogen-bond acceptors (Lipinski definition) is 5. The number of fused-ring (bicyclic) bond motifs is 1. The van der Waals surface area contributed by atoms with Crippen molar-refractivity contribution in [2.75, 3.05) is 17.3 Å². The minimum Gasteiger partial charge on any atom is -0.320 e. The maximum Gasteiger partial charge on any atom is 0.243 e. The van der Waals surface area contributed by atoms with Crippen molar-refractivity contribution >= 4 is 34.1 Å². The van der Waals surface area contributed by atoms with Gasteiger partial charge in [0.25, 0.3) is 0 Å². The van der Waals surface area contributed by atoms with Crippen molar-refractivity contribution in [3.63, 3.8) is 0 Å². The Balaban J connectivity index is 1.94. The van der Waals surface area contributed by atoms with Gasteiger partial charge in [-0.25, -0.2) is 4.98 Å². The van der Waals surface area contributed by atoms with Crippen molar-refractivity contribution in [1.82, 2.24) is 4.98 Å². The van der Waals surface area contributed by atoms with Crippen LogP contribution in [0, 0.1) is 5.92 Å². The summed E-state index contributed by atoms with van der Waals surface area (Å²) in [4.78, 5) is 17.9. The molecule has 0 bridgehead atoms. The number of nitrogens with zero attached hydrogens (tertiary/aromatic N) is 1. The van der Waals surface area contributed by atoms with Gasteiger partial charge in [-0.3, -0.25) is 4.79 Å². The molecular formula is C14H23N3OS2. The van der Waals surface area contributed by atoms with Crippen LogP contribution < -0.4 is 11.1 Å². The molecule has 1 aliphatic rings. The number of thioether (sulfide) groups is 1. The Kier molecular flexibility index (Phi) is 5.86. The summed E-state index contributed by atoms with van der Waals surface area (Å²) in [6.45, 7) is 2.24. The van der Waals surface area contributed by atoms with Gasteiger partial charge in [-0.05, 0) is 43.6 Å². The lowest BCUT2D eigenvalue weighted by Gasteiger charge is -2.18. The number of carbonyl (C=O) groups is 1. The predicted molar refractivity (Wildman–Crippen MR) is 87.5 cm³/mol. The molecule has 0 radical (unpaired) electrons. The van der Waals surface area contributed by atoms with Gasteiger partial charge in [-0.1, -0.05) is 13.3 Å². The molecule has 6 heteroatoms. The highest BCUT2D eigenvalue weighted by Gasteiger charge is 2.22. The molecule has 0 spiro atoms. The van der Waals surface area contributed by atoms with Crippen LogP contribution >= 0.6 is 23.1 Å². The molecule has 1 aliphatic carbocycles. The second-order valence-electron chi connectivity index (χ2n) is 5.28. The maximum absolute atomic E-state index is 12.0. The third-order valence-corrected chi connectivity index (χ3v) is 5.50. The van der Waals surface area contributed by atoms with Crippen LogP contribution in [0.2, 0.25) is 0 Å². The van der Waals surface area contributed by atoms with Crippen molar-refractivity contribution in [2.24, 2.45) is 11.7 Å². The lowest BCUT2D eigenvalue weighted by Crippen LogP contribution is -2.36. The van der Waals surface area contributed by atoms with Gasteiger partial charge in [-0.2, -0.15) is 11.8 Å². The first-order chi connectivity index (χ1) is 9.63. The summed E-state index contributed by atoms with van der Waals surface area (Å²) >= 11 is 3.33. The molecule has 0 aromatic carbocycles. The third-order valence-electron chi connectivity index (χ3n) is 3.82. The molecule has 0 fully saturated rings. The highest BCUT2D eigenvalue weighted by Crippen LogP contribution is 2.33. The first-order valence-electron chi connectivity index (χ1n) is 7.18. The van der Waals surface area contributed by atoms with Crippen LogP contribution in [0.5, 0.6) is 0 Å². The molecule has 112 valence electrons. The maximum atomic E-state index is 12.0. The zero-order valence-electron chi connectivity index (χ0n) is 12.1. The van der Waals surface area contributed by atoms with Crippen LogP contribution in [0.3, 0.4) is 0 Å². The first kappa shape index (κ1) is 15.8. The lowest BCUT2D eigenvalue weighted by molar-refractivity contribution is -0.117. The van der Waals surface area contributed by atoms with Crippen LogP contribution in [0.25, 0.3) is 0 Å². The van der Waals surface area contributed by atoms with E-state index in [0.717, 1.165) is 29.6 Å². The molecule has 1 aromatic rings.